The summed E-state index contributed by atoms with van der Waals surface area (Å²) >= 11 is 12.3. The topological polar surface area (TPSA) is 116 Å². The Bertz CT molecular complexity index is 1470. The third kappa shape index (κ3) is 6.24. The number of benzene rings is 2. The molecule has 0 atom stereocenters. The Kier molecular flexibility index (Phi) is 7.45. The molecule has 12 heteroatoms. The highest BCUT2D eigenvalue weighted by Gasteiger charge is 2.22. The summed E-state index contributed by atoms with van der Waals surface area (Å²) in [7, 11) is -2.58. The molecule has 1 N–H and O–H groups in total. The first-order chi connectivity index (χ1) is 16.8. The maximum absolute atomic E-state index is 12.9. The van der Waals surface area contributed by atoms with Crippen LogP contribution in [0.5, 0.6) is 17.2 Å². The highest BCUT2D eigenvalue weighted by molar-refractivity contribution is 7.95. The van der Waals surface area contributed by atoms with E-state index < -0.39 is 10.0 Å². The van der Waals surface area contributed by atoms with E-state index in [1.165, 1.54) is 25.6 Å². The summed E-state index contributed by atoms with van der Waals surface area (Å²) in [5, 5.41) is 1.36. The highest BCUT2D eigenvalue weighted by Crippen LogP contribution is 2.39. The average molecular weight is 530 g/mol. The van der Waals surface area contributed by atoms with Crippen LogP contribution in [0, 0.1) is 0 Å². The van der Waals surface area contributed by atoms with Gasteiger partial charge in [-0.15, -0.1) is 0 Å². The standard InChI is InChI=1S/C23H17Cl2N5O4S/c1-33-17-5-2-3-6-18(17)34-19-20(25)28-23(22-26-12-4-13-27-22)29-21(19)30-35(31,32)14-11-15-7-9-16(24)10-8-15/h2-14H,1H3,(H,28,29,30). The first-order valence-electron chi connectivity index (χ1n) is 9.97. The van der Waals surface area contributed by atoms with E-state index in [2.05, 4.69) is 24.7 Å². The molecule has 0 fully saturated rings. The van der Waals surface area contributed by atoms with Gasteiger partial charge in [-0.25, -0.2) is 28.4 Å². The first kappa shape index (κ1) is 24.4. The second-order valence-electron chi connectivity index (χ2n) is 6.84. The van der Waals surface area contributed by atoms with Crippen LogP contribution in [-0.4, -0.2) is 35.5 Å². The Hall–Kier alpha value is -3.73. The summed E-state index contributed by atoms with van der Waals surface area (Å²) in [5.74, 6) is 0.494. The summed E-state index contributed by atoms with van der Waals surface area (Å²) in [5.41, 5.74) is 0.629. The maximum atomic E-state index is 12.9. The van der Waals surface area contributed by atoms with Gasteiger partial charge in [0.25, 0.3) is 10.0 Å². The molecule has 0 radical (unpaired) electrons. The monoisotopic (exact) mass is 529 g/mol. The zero-order valence-corrected chi connectivity index (χ0v) is 20.4. The number of methoxy groups -OCH3 is 1. The minimum Gasteiger partial charge on any atom is -0.493 e. The van der Waals surface area contributed by atoms with E-state index in [-0.39, 0.29) is 34.1 Å². The van der Waals surface area contributed by atoms with Crippen LogP contribution in [0.2, 0.25) is 10.2 Å². The number of sulfonamides is 1. The normalized spacial score (nSPS) is 11.4. The first-order valence-corrected chi connectivity index (χ1v) is 12.3. The zero-order chi connectivity index (χ0) is 24.8. The molecule has 0 aliphatic heterocycles. The van der Waals surface area contributed by atoms with Gasteiger partial charge in [0.2, 0.25) is 11.6 Å². The Morgan fingerprint density at radius 2 is 1.57 bits per heavy atom. The number of ether oxygens (including phenoxy) is 2. The van der Waals surface area contributed by atoms with Crippen LogP contribution in [0.25, 0.3) is 17.7 Å². The number of para-hydroxylation sites is 2. The smallest absolute Gasteiger partial charge is 0.256 e. The molecule has 0 bridgehead atoms. The maximum Gasteiger partial charge on any atom is 0.256 e. The molecule has 2 aromatic heterocycles. The van der Waals surface area contributed by atoms with Crippen molar-refractivity contribution in [3.05, 3.63) is 88.1 Å². The van der Waals surface area contributed by atoms with Gasteiger partial charge < -0.3 is 9.47 Å². The van der Waals surface area contributed by atoms with Gasteiger partial charge in [-0.05, 0) is 42.0 Å². The molecule has 4 aromatic rings. The van der Waals surface area contributed by atoms with Crippen molar-refractivity contribution in [2.24, 2.45) is 0 Å². The third-order valence-electron chi connectivity index (χ3n) is 4.42. The third-order valence-corrected chi connectivity index (χ3v) is 5.90. The second-order valence-corrected chi connectivity index (χ2v) is 9.20. The Morgan fingerprint density at radius 1 is 0.886 bits per heavy atom. The number of halogens is 2. The van der Waals surface area contributed by atoms with Crippen molar-refractivity contribution >= 4 is 45.1 Å². The molecule has 0 amide bonds. The van der Waals surface area contributed by atoms with Crippen LogP contribution in [0.3, 0.4) is 0 Å². The van der Waals surface area contributed by atoms with Crippen molar-refractivity contribution in [1.29, 1.82) is 0 Å². The van der Waals surface area contributed by atoms with Crippen molar-refractivity contribution in [1.82, 2.24) is 19.9 Å². The fourth-order valence-electron chi connectivity index (χ4n) is 2.82. The van der Waals surface area contributed by atoms with Crippen molar-refractivity contribution in [3.8, 4) is 28.9 Å². The second kappa shape index (κ2) is 10.7. The molecular weight excluding hydrogens is 513 g/mol. The lowest BCUT2D eigenvalue weighted by atomic mass is 10.2. The van der Waals surface area contributed by atoms with Gasteiger partial charge in [-0.3, -0.25) is 4.72 Å². The van der Waals surface area contributed by atoms with Gasteiger partial charge in [-0.2, -0.15) is 0 Å². The molecule has 0 spiro atoms. The number of anilines is 1. The highest BCUT2D eigenvalue weighted by atomic mass is 35.5. The molecule has 9 nitrogen and oxygen atoms in total. The molecule has 178 valence electrons. The van der Waals surface area contributed by atoms with Crippen LogP contribution in [0.15, 0.2) is 72.4 Å². The summed E-state index contributed by atoms with van der Waals surface area (Å²) < 4.78 is 39.3. The van der Waals surface area contributed by atoms with E-state index in [0.29, 0.717) is 16.3 Å². The molecule has 2 aromatic carbocycles. The number of rotatable bonds is 8. The number of nitrogens with zero attached hydrogens (tertiary/aromatic N) is 4. The fraction of sp³-hybridized carbons (Fsp3) is 0.0435. The molecule has 0 saturated heterocycles. The van der Waals surface area contributed by atoms with E-state index in [1.54, 1.807) is 54.6 Å². The van der Waals surface area contributed by atoms with Crippen molar-refractivity contribution in [2.75, 3.05) is 11.8 Å². The molecule has 4 rings (SSSR count). The van der Waals surface area contributed by atoms with E-state index >= 15 is 0 Å². The van der Waals surface area contributed by atoms with Gasteiger partial charge in [-0.1, -0.05) is 47.5 Å². The molecule has 0 saturated carbocycles. The lowest BCUT2D eigenvalue weighted by molar-refractivity contribution is 0.378. The Balaban J connectivity index is 1.74. The van der Waals surface area contributed by atoms with Gasteiger partial charge in [0, 0.05) is 17.4 Å². The van der Waals surface area contributed by atoms with Gasteiger partial charge in [0.05, 0.1) is 12.5 Å². The van der Waals surface area contributed by atoms with Crippen LogP contribution in [0.1, 0.15) is 5.56 Å². The molecular formula is C23H17Cl2N5O4S. The molecule has 2 heterocycles. The number of nitrogens with one attached hydrogen (secondary N) is 1. The van der Waals surface area contributed by atoms with E-state index in [4.69, 9.17) is 32.7 Å². The molecule has 0 aliphatic rings. The number of hydrogen-bond donors (Lipinski definition) is 1. The lowest BCUT2D eigenvalue weighted by Gasteiger charge is -2.15. The van der Waals surface area contributed by atoms with Gasteiger partial charge >= 0.3 is 0 Å². The van der Waals surface area contributed by atoms with E-state index in [0.717, 1.165) is 5.41 Å². The average Bonchev–Trinajstić information content (AvgIpc) is 2.86. The van der Waals surface area contributed by atoms with Crippen molar-refractivity contribution in [3.63, 3.8) is 0 Å². The summed E-state index contributed by atoms with van der Waals surface area (Å²) in [6.45, 7) is 0. The SMILES string of the molecule is COc1ccccc1Oc1c(Cl)nc(-c2ncccn2)nc1NS(=O)(=O)C=Cc1ccc(Cl)cc1. The van der Waals surface area contributed by atoms with Crippen LogP contribution < -0.4 is 14.2 Å². The van der Waals surface area contributed by atoms with E-state index in [9.17, 15) is 8.42 Å². The zero-order valence-electron chi connectivity index (χ0n) is 18.1. The fourth-order valence-corrected chi connectivity index (χ4v) is 3.97. The van der Waals surface area contributed by atoms with Crippen LogP contribution in [0.4, 0.5) is 5.82 Å². The summed E-state index contributed by atoms with van der Waals surface area (Å²) in [6.07, 6.45) is 4.40. The number of hydrogen-bond acceptors (Lipinski definition) is 8. The summed E-state index contributed by atoms with van der Waals surface area (Å²) in [4.78, 5) is 16.7. The Morgan fingerprint density at radius 3 is 2.26 bits per heavy atom. The minimum absolute atomic E-state index is 0.00218. The van der Waals surface area contributed by atoms with Crippen molar-refractivity contribution < 1.29 is 17.9 Å². The van der Waals surface area contributed by atoms with Gasteiger partial charge in [0.1, 0.15) is 0 Å². The molecule has 0 aliphatic carbocycles. The molecule has 0 unspecified atom stereocenters. The van der Waals surface area contributed by atoms with Crippen LogP contribution in [-0.2, 0) is 10.0 Å². The predicted molar refractivity (Wildman–Crippen MR) is 134 cm³/mol. The van der Waals surface area contributed by atoms with E-state index in [1.807, 2.05) is 0 Å². The Labute approximate surface area is 211 Å². The largest absolute Gasteiger partial charge is 0.493 e. The summed E-state index contributed by atoms with van der Waals surface area (Å²) in [6, 6.07) is 15.1. The van der Waals surface area contributed by atoms with Crippen LogP contribution >= 0.6 is 23.2 Å². The quantitative estimate of drug-likeness (QED) is 0.299. The number of aromatic nitrogens is 4. The van der Waals surface area contributed by atoms with Gasteiger partial charge in [0.15, 0.2) is 28.3 Å². The predicted octanol–water partition coefficient (Wildman–Crippen LogP) is 5.45. The van der Waals surface area contributed by atoms with Crippen molar-refractivity contribution in [2.45, 2.75) is 0 Å². The minimum atomic E-state index is -4.05. The molecule has 35 heavy (non-hydrogen) atoms. The lowest BCUT2D eigenvalue weighted by Crippen LogP contribution is -2.13.